The standard InChI is InChI=1S/C13H15Cl2FN2/c14-10-5-9(6-11(15)13(10)16)17-12-2-4-18-3-1-8(12)7-18/h5-6,8,12,17H,1-4,7H2. The maximum absolute atomic E-state index is 13.3. The summed E-state index contributed by atoms with van der Waals surface area (Å²) in [6.07, 6.45) is 2.36. The zero-order valence-electron chi connectivity index (χ0n) is 9.93. The molecule has 98 valence electrons. The molecule has 0 saturated carbocycles. The van der Waals surface area contributed by atoms with E-state index >= 15 is 0 Å². The van der Waals surface area contributed by atoms with Gasteiger partial charge >= 0.3 is 0 Å². The number of nitrogens with zero attached hydrogens (tertiary/aromatic N) is 1. The molecule has 2 aliphatic rings. The minimum absolute atomic E-state index is 0.0776. The number of nitrogens with one attached hydrogen (secondary N) is 1. The molecule has 3 atom stereocenters. The van der Waals surface area contributed by atoms with Crippen molar-refractivity contribution in [1.29, 1.82) is 0 Å². The van der Waals surface area contributed by atoms with Gasteiger partial charge in [0.25, 0.3) is 0 Å². The normalized spacial score (nSPS) is 30.5. The third-order valence-electron chi connectivity index (χ3n) is 3.97. The molecule has 0 spiro atoms. The molecule has 2 bridgehead atoms. The van der Waals surface area contributed by atoms with Crippen LogP contribution in [0.25, 0.3) is 0 Å². The van der Waals surface area contributed by atoms with Gasteiger partial charge in [0, 0.05) is 24.8 Å². The average Bonchev–Trinajstić information content (AvgIpc) is 2.73. The Hall–Kier alpha value is -0.510. The number of rotatable bonds is 2. The summed E-state index contributed by atoms with van der Waals surface area (Å²) in [6.45, 7) is 3.50. The van der Waals surface area contributed by atoms with Gasteiger partial charge in [0.15, 0.2) is 5.82 Å². The Bertz CT molecular complexity index is 443. The molecule has 1 N–H and O–H groups in total. The molecule has 2 saturated heterocycles. The van der Waals surface area contributed by atoms with Crippen molar-refractivity contribution in [2.45, 2.75) is 18.9 Å². The van der Waals surface area contributed by atoms with E-state index in [1.165, 1.54) is 19.5 Å². The van der Waals surface area contributed by atoms with Crippen LogP contribution in [0.4, 0.5) is 10.1 Å². The van der Waals surface area contributed by atoms with Gasteiger partial charge in [-0.1, -0.05) is 23.2 Å². The molecule has 5 heteroatoms. The van der Waals surface area contributed by atoms with Crippen LogP contribution in [0, 0.1) is 11.7 Å². The molecular formula is C13H15Cl2FN2. The summed E-state index contributed by atoms with van der Waals surface area (Å²) >= 11 is 11.6. The third kappa shape index (κ3) is 2.31. The number of piperidine rings is 1. The minimum Gasteiger partial charge on any atom is -0.382 e. The first kappa shape index (κ1) is 12.5. The Balaban J connectivity index is 1.76. The highest BCUT2D eigenvalue weighted by molar-refractivity contribution is 6.35. The van der Waals surface area contributed by atoms with Crippen molar-refractivity contribution in [3.63, 3.8) is 0 Å². The van der Waals surface area contributed by atoms with Crippen molar-refractivity contribution in [1.82, 2.24) is 4.90 Å². The Labute approximate surface area is 116 Å². The van der Waals surface area contributed by atoms with Gasteiger partial charge in [0.2, 0.25) is 0 Å². The summed E-state index contributed by atoms with van der Waals surface area (Å²) in [6, 6.07) is 3.68. The Morgan fingerprint density at radius 2 is 1.83 bits per heavy atom. The van der Waals surface area contributed by atoms with Gasteiger partial charge in [-0.2, -0.15) is 0 Å². The molecule has 18 heavy (non-hydrogen) atoms. The zero-order chi connectivity index (χ0) is 12.7. The third-order valence-corrected chi connectivity index (χ3v) is 4.52. The molecule has 0 aliphatic carbocycles. The number of fused-ring (bicyclic) bond motifs is 2. The molecule has 1 aromatic rings. The highest BCUT2D eigenvalue weighted by Crippen LogP contribution is 2.32. The summed E-state index contributed by atoms with van der Waals surface area (Å²) in [7, 11) is 0. The lowest BCUT2D eigenvalue weighted by Gasteiger charge is -2.31. The number of halogens is 3. The Morgan fingerprint density at radius 1 is 1.17 bits per heavy atom. The first-order valence-electron chi connectivity index (χ1n) is 6.27. The Kier molecular flexibility index (Phi) is 3.39. The van der Waals surface area contributed by atoms with Gasteiger partial charge in [0.1, 0.15) is 0 Å². The molecule has 2 heterocycles. The van der Waals surface area contributed by atoms with E-state index in [1.54, 1.807) is 12.1 Å². The van der Waals surface area contributed by atoms with Crippen LogP contribution in [0.2, 0.25) is 10.0 Å². The molecule has 2 nitrogen and oxygen atoms in total. The highest BCUT2D eigenvalue weighted by atomic mass is 35.5. The lowest BCUT2D eigenvalue weighted by Crippen LogP contribution is -2.39. The van der Waals surface area contributed by atoms with E-state index in [9.17, 15) is 4.39 Å². The van der Waals surface area contributed by atoms with Crippen LogP contribution in [0.15, 0.2) is 12.1 Å². The molecule has 0 amide bonds. The number of hydrogen-bond donors (Lipinski definition) is 1. The van der Waals surface area contributed by atoms with Crippen LogP contribution >= 0.6 is 23.2 Å². The topological polar surface area (TPSA) is 15.3 Å². The van der Waals surface area contributed by atoms with Crippen molar-refractivity contribution >= 4 is 28.9 Å². The second-order valence-corrected chi connectivity index (χ2v) is 5.96. The molecule has 0 aromatic heterocycles. The SMILES string of the molecule is Fc1c(Cl)cc(NC2CCN3CCC2C3)cc1Cl. The van der Waals surface area contributed by atoms with E-state index in [-0.39, 0.29) is 10.0 Å². The zero-order valence-corrected chi connectivity index (χ0v) is 11.4. The van der Waals surface area contributed by atoms with Gasteiger partial charge in [0.05, 0.1) is 10.0 Å². The summed E-state index contributed by atoms with van der Waals surface area (Å²) in [5.74, 6) is 0.140. The first-order valence-corrected chi connectivity index (χ1v) is 7.02. The van der Waals surface area contributed by atoms with Gasteiger partial charge in [-0.15, -0.1) is 0 Å². The van der Waals surface area contributed by atoms with E-state index in [1.807, 2.05) is 0 Å². The van der Waals surface area contributed by atoms with Gasteiger partial charge in [-0.05, 0) is 37.4 Å². The number of anilines is 1. The number of benzene rings is 1. The smallest absolute Gasteiger partial charge is 0.160 e. The molecule has 3 rings (SSSR count). The maximum Gasteiger partial charge on any atom is 0.160 e. The summed E-state index contributed by atoms with van der Waals surface area (Å²) in [4.78, 5) is 2.49. The van der Waals surface area contributed by atoms with E-state index in [0.29, 0.717) is 12.0 Å². The molecule has 0 radical (unpaired) electrons. The molecular weight excluding hydrogens is 274 g/mol. The van der Waals surface area contributed by atoms with E-state index in [2.05, 4.69) is 10.2 Å². The minimum atomic E-state index is -0.542. The van der Waals surface area contributed by atoms with Gasteiger partial charge in [-0.3, -0.25) is 0 Å². The summed E-state index contributed by atoms with van der Waals surface area (Å²) < 4.78 is 13.3. The fourth-order valence-electron chi connectivity index (χ4n) is 2.99. The highest BCUT2D eigenvalue weighted by Gasteiger charge is 2.34. The van der Waals surface area contributed by atoms with Gasteiger partial charge < -0.3 is 10.2 Å². The van der Waals surface area contributed by atoms with Crippen LogP contribution in [-0.2, 0) is 0 Å². The largest absolute Gasteiger partial charge is 0.382 e. The predicted octanol–water partition coefficient (Wildman–Crippen LogP) is 3.64. The number of hydrogen-bond acceptors (Lipinski definition) is 2. The summed E-state index contributed by atoms with van der Waals surface area (Å²) in [5.41, 5.74) is 0.816. The second-order valence-electron chi connectivity index (χ2n) is 5.14. The van der Waals surface area contributed by atoms with Crippen molar-refractivity contribution in [2.75, 3.05) is 25.0 Å². The van der Waals surface area contributed by atoms with Crippen LogP contribution in [-0.4, -0.2) is 30.6 Å². The van der Waals surface area contributed by atoms with E-state index < -0.39 is 5.82 Å². The summed E-state index contributed by atoms with van der Waals surface area (Å²) in [5, 5.41) is 3.61. The van der Waals surface area contributed by atoms with Crippen molar-refractivity contribution in [3.05, 3.63) is 28.0 Å². The lowest BCUT2D eigenvalue weighted by atomic mass is 9.94. The average molecular weight is 289 g/mol. The van der Waals surface area contributed by atoms with Crippen LogP contribution in [0.5, 0.6) is 0 Å². The fourth-order valence-corrected chi connectivity index (χ4v) is 3.48. The van der Waals surface area contributed by atoms with E-state index in [0.717, 1.165) is 18.7 Å². The molecule has 2 aliphatic heterocycles. The lowest BCUT2D eigenvalue weighted by molar-refractivity contribution is 0.255. The monoisotopic (exact) mass is 288 g/mol. The predicted molar refractivity (Wildman–Crippen MR) is 73.0 cm³/mol. The van der Waals surface area contributed by atoms with E-state index in [4.69, 9.17) is 23.2 Å². The maximum atomic E-state index is 13.3. The first-order chi connectivity index (χ1) is 8.63. The van der Waals surface area contributed by atoms with Gasteiger partial charge in [-0.25, -0.2) is 4.39 Å². The fraction of sp³-hybridized carbons (Fsp3) is 0.538. The Morgan fingerprint density at radius 3 is 2.56 bits per heavy atom. The molecule has 1 aromatic carbocycles. The van der Waals surface area contributed by atoms with Crippen molar-refractivity contribution in [2.24, 2.45) is 5.92 Å². The van der Waals surface area contributed by atoms with Crippen molar-refractivity contribution < 1.29 is 4.39 Å². The van der Waals surface area contributed by atoms with Crippen molar-refractivity contribution in [3.8, 4) is 0 Å². The molecule has 3 unspecified atom stereocenters. The van der Waals surface area contributed by atoms with Crippen LogP contribution in [0.3, 0.4) is 0 Å². The van der Waals surface area contributed by atoms with Crippen LogP contribution < -0.4 is 5.32 Å². The second kappa shape index (κ2) is 4.87. The quantitative estimate of drug-likeness (QED) is 0.836. The molecule has 2 fully saturated rings. The van der Waals surface area contributed by atoms with Crippen LogP contribution in [0.1, 0.15) is 12.8 Å².